The summed E-state index contributed by atoms with van der Waals surface area (Å²) in [4.78, 5) is 26.2. The molecule has 2 atom stereocenters. The van der Waals surface area contributed by atoms with Crippen molar-refractivity contribution in [2.75, 3.05) is 18.0 Å². The molecule has 1 heterocycles. The maximum Gasteiger partial charge on any atom is 0.414 e. The van der Waals surface area contributed by atoms with Crippen molar-refractivity contribution in [3.8, 4) is 0 Å². The number of cyclic esters (lactones) is 1. The molecule has 1 saturated heterocycles. The normalized spacial score (nSPS) is 19.7. The predicted octanol–water partition coefficient (Wildman–Crippen LogP) is 4.16. The molecular weight excluding hydrogens is 371 g/mol. The van der Waals surface area contributed by atoms with E-state index in [1.54, 1.807) is 17.9 Å². The third-order valence-electron chi connectivity index (χ3n) is 5.68. The Labute approximate surface area is 169 Å². The lowest BCUT2D eigenvalue weighted by atomic mass is 9.89. The highest BCUT2D eigenvalue weighted by atomic mass is 19.1. The van der Waals surface area contributed by atoms with Crippen LogP contribution in [0.2, 0.25) is 0 Å². The van der Waals surface area contributed by atoms with Crippen LogP contribution in [0.25, 0.3) is 0 Å². The summed E-state index contributed by atoms with van der Waals surface area (Å²) in [5, 5.41) is 2.91. The summed E-state index contributed by atoms with van der Waals surface area (Å²) in [6.07, 6.45) is 1.78. The van der Waals surface area contributed by atoms with Gasteiger partial charge in [0.25, 0.3) is 0 Å². The van der Waals surface area contributed by atoms with Gasteiger partial charge in [-0.15, -0.1) is 0 Å². The molecule has 2 unspecified atom stereocenters. The standard InChI is InChI=1S/C23H25FN2O3/c1-15-11-17(9-10-21(15)24)20(16-7-8-16)12-22(27)25-13-19-14-26(23(28)29-19)18-5-3-2-4-6-18/h2-6,9-11,16,19-20H,7-8,12-14H2,1H3,(H,25,27). The molecule has 1 aliphatic heterocycles. The second-order valence-electron chi connectivity index (χ2n) is 7.91. The van der Waals surface area contributed by atoms with E-state index in [0.29, 0.717) is 24.4 Å². The lowest BCUT2D eigenvalue weighted by Crippen LogP contribution is -2.35. The number of aryl methyl sites for hydroxylation is 1. The lowest BCUT2D eigenvalue weighted by molar-refractivity contribution is -0.122. The molecule has 2 fully saturated rings. The van der Waals surface area contributed by atoms with Gasteiger partial charge in [0.1, 0.15) is 11.9 Å². The zero-order chi connectivity index (χ0) is 20.4. The molecule has 1 aliphatic carbocycles. The van der Waals surface area contributed by atoms with E-state index in [1.165, 1.54) is 6.07 Å². The van der Waals surface area contributed by atoms with Crippen molar-refractivity contribution in [3.05, 3.63) is 65.5 Å². The Morgan fingerprint density at radius 1 is 1.24 bits per heavy atom. The monoisotopic (exact) mass is 396 g/mol. The van der Waals surface area contributed by atoms with Crippen LogP contribution in [0.1, 0.15) is 36.3 Å². The quantitative estimate of drug-likeness (QED) is 0.765. The van der Waals surface area contributed by atoms with Crippen LogP contribution in [0.5, 0.6) is 0 Å². The average molecular weight is 396 g/mol. The number of halogens is 1. The Morgan fingerprint density at radius 2 is 2.00 bits per heavy atom. The molecule has 0 bridgehead atoms. The number of carbonyl (C=O) groups excluding carboxylic acids is 2. The Bertz CT molecular complexity index is 898. The number of anilines is 1. The van der Waals surface area contributed by atoms with Gasteiger partial charge in [0.05, 0.1) is 13.1 Å². The summed E-state index contributed by atoms with van der Waals surface area (Å²) in [6.45, 7) is 2.44. The van der Waals surface area contributed by atoms with Crippen LogP contribution in [-0.2, 0) is 9.53 Å². The molecule has 2 amide bonds. The van der Waals surface area contributed by atoms with Crippen molar-refractivity contribution in [1.29, 1.82) is 0 Å². The fourth-order valence-electron chi connectivity index (χ4n) is 3.90. The zero-order valence-electron chi connectivity index (χ0n) is 16.4. The van der Waals surface area contributed by atoms with Crippen molar-refractivity contribution in [2.24, 2.45) is 5.92 Å². The number of nitrogens with one attached hydrogen (secondary N) is 1. The molecule has 0 spiro atoms. The fourth-order valence-corrected chi connectivity index (χ4v) is 3.90. The first-order chi connectivity index (χ1) is 14.0. The van der Waals surface area contributed by atoms with Gasteiger partial charge in [-0.2, -0.15) is 0 Å². The topological polar surface area (TPSA) is 58.6 Å². The highest BCUT2D eigenvalue weighted by Crippen LogP contribution is 2.44. The minimum atomic E-state index is -0.395. The summed E-state index contributed by atoms with van der Waals surface area (Å²) in [6, 6.07) is 14.5. The van der Waals surface area contributed by atoms with Gasteiger partial charge in [-0.3, -0.25) is 9.69 Å². The van der Waals surface area contributed by atoms with Gasteiger partial charge in [-0.25, -0.2) is 9.18 Å². The molecule has 6 heteroatoms. The summed E-state index contributed by atoms with van der Waals surface area (Å²) >= 11 is 0. The first-order valence-corrected chi connectivity index (χ1v) is 10.1. The van der Waals surface area contributed by atoms with Crippen LogP contribution >= 0.6 is 0 Å². The highest BCUT2D eigenvalue weighted by molar-refractivity contribution is 5.89. The lowest BCUT2D eigenvalue weighted by Gasteiger charge is -2.18. The van der Waals surface area contributed by atoms with Gasteiger partial charge in [0.15, 0.2) is 0 Å². The number of hydrogen-bond acceptors (Lipinski definition) is 3. The van der Waals surface area contributed by atoms with Crippen molar-refractivity contribution >= 4 is 17.7 Å². The van der Waals surface area contributed by atoms with Crippen molar-refractivity contribution in [1.82, 2.24) is 5.32 Å². The number of carbonyl (C=O) groups is 2. The summed E-state index contributed by atoms with van der Waals surface area (Å²) in [7, 11) is 0. The van der Waals surface area contributed by atoms with E-state index >= 15 is 0 Å². The Balaban J connectivity index is 1.32. The van der Waals surface area contributed by atoms with E-state index in [-0.39, 0.29) is 30.3 Å². The smallest absolute Gasteiger partial charge is 0.414 e. The molecule has 0 aromatic heterocycles. The van der Waals surface area contributed by atoms with Crippen LogP contribution in [0.3, 0.4) is 0 Å². The van der Waals surface area contributed by atoms with Gasteiger partial charge >= 0.3 is 6.09 Å². The Kier molecular flexibility index (Phi) is 5.51. The molecule has 2 aromatic carbocycles. The average Bonchev–Trinajstić information content (AvgIpc) is 3.49. The second kappa shape index (κ2) is 8.23. The minimum absolute atomic E-state index is 0.0712. The molecule has 1 saturated carbocycles. The maximum absolute atomic E-state index is 13.6. The van der Waals surface area contributed by atoms with Crippen LogP contribution in [0.15, 0.2) is 48.5 Å². The van der Waals surface area contributed by atoms with E-state index in [9.17, 15) is 14.0 Å². The Morgan fingerprint density at radius 3 is 2.69 bits per heavy atom. The first-order valence-electron chi connectivity index (χ1n) is 10.1. The molecular formula is C23H25FN2O3. The summed E-state index contributed by atoms with van der Waals surface area (Å²) in [5.74, 6) is 0.279. The van der Waals surface area contributed by atoms with E-state index in [4.69, 9.17) is 4.74 Å². The van der Waals surface area contributed by atoms with Gasteiger partial charge in [-0.05, 0) is 60.9 Å². The Hall–Kier alpha value is -2.89. The molecule has 29 heavy (non-hydrogen) atoms. The van der Waals surface area contributed by atoms with Gasteiger partial charge in [0, 0.05) is 12.1 Å². The molecule has 0 radical (unpaired) electrons. The van der Waals surface area contributed by atoms with Crippen molar-refractivity contribution in [2.45, 2.75) is 38.2 Å². The number of ether oxygens (including phenoxy) is 1. The van der Waals surface area contributed by atoms with Crippen LogP contribution in [-0.4, -0.2) is 31.2 Å². The van der Waals surface area contributed by atoms with Crippen molar-refractivity contribution in [3.63, 3.8) is 0 Å². The number of hydrogen-bond donors (Lipinski definition) is 1. The number of benzene rings is 2. The highest BCUT2D eigenvalue weighted by Gasteiger charge is 2.35. The maximum atomic E-state index is 13.6. The van der Waals surface area contributed by atoms with E-state index in [2.05, 4.69) is 5.32 Å². The third-order valence-corrected chi connectivity index (χ3v) is 5.68. The molecule has 4 rings (SSSR count). The van der Waals surface area contributed by atoms with E-state index < -0.39 is 6.09 Å². The van der Waals surface area contributed by atoms with E-state index in [1.807, 2.05) is 36.4 Å². The van der Waals surface area contributed by atoms with Gasteiger partial charge in [-0.1, -0.05) is 30.3 Å². The van der Waals surface area contributed by atoms with Crippen LogP contribution in [0, 0.1) is 18.7 Å². The molecule has 5 nitrogen and oxygen atoms in total. The zero-order valence-corrected chi connectivity index (χ0v) is 16.4. The largest absolute Gasteiger partial charge is 0.442 e. The third kappa shape index (κ3) is 4.58. The molecule has 1 N–H and O–H groups in total. The van der Waals surface area contributed by atoms with Gasteiger partial charge in [0.2, 0.25) is 5.91 Å². The number of rotatable bonds is 7. The SMILES string of the molecule is Cc1cc(C(CC(=O)NCC2CN(c3ccccc3)C(=O)O2)C2CC2)ccc1F. The van der Waals surface area contributed by atoms with E-state index in [0.717, 1.165) is 24.1 Å². The number of nitrogens with zero attached hydrogens (tertiary/aromatic N) is 1. The van der Waals surface area contributed by atoms with Crippen LogP contribution < -0.4 is 10.2 Å². The van der Waals surface area contributed by atoms with Gasteiger partial charge < -0.3 is 10.1 Å². The predicted molar refractivity (Wildman–Crippen MR) is 108 cm³/mol. The molecule has 2 aliphatic rings. The number of para-hydroxylation sites is 1. The second-order valence-corrected chi connectivity index (χ2v) is 7.91. The molecule has 2 aromatic rings. The fraction of sp³-hybridized carbons (Fsp3) is 0.391. The first kappa shape index (κ1) is 19.4. The summed E-state index contributed by atoms with van der Waals surface area (Å²) in [5.41, 5.74) is 2.41. The van der Waals surface area contributed by atoms with Crippen LogP contribution in [0.4, 0.5) is 14.9 Å². The molecule has 152 valence electrons. The summed E-state index contributed by atoms with van der Waals surface area (Å²) < 4.78 is 19.0. The number of amides is 2. The van der Waals surface area contributed by atoms with Crippen molar-refractivity contribution < 1.29 is 18.7 Å². The minimum Gasteiger partial charge on any atom is -0.442 e.